The number of hydrogen-bond acceptors (Lipinski definition) is 3. The summed E-state index contributed by atoms with van der Waals surface area (Å²) in [6, 6.07) is 7.53. The molecule has 0 unspecified atom stereocenters. The van der Waals surface area contributed by atoms with Crippen LogP contribution < -0.4 is 0 Å². The number of aryl methyl sites for hydroxylation is 1. The minimum Gasteiger partial charge on any atom is -0.462 e. The van der Waals surface area contributed by atoms with Gasteiger partial charge in [0.1, 0.15) is 0 Å². The fourth-order valence-corrected chi connectivity index (χ4v) is 1.73. The first-order valence-corrected chi connectivity index (χ1v) is 5.98. The number of nitriles is 1. The van der Waals surface area contributed by atoms with Crippen LogP contribution in [-0.2, 0) is 17.0 Å². The number of hydrogen-bond donors (Lipinski definition) is 0. The standard InChI is InChI=1S/C13H14ClNO2/c1-2-17-13(16)12-8-10(4-3-7-15)5-6-11(12)9-14/h5-6,8H,2-4,9H2,1H3. The topological polar surface area (TPSA) is 50.1 Å². The lowest BCUT2D eigenvalue weighted by Crippen LogP contribution is -2.08. The molecular formula is C13H14ClNO2. The van der Waals surface area contributed by atoms with E-state index < -0.39 is 0 Å². The highest BCUT2D eigenvalue weighted by Crippen LogP contribution is 2.16. The first kappa shape index (κ1) is 13.5. The fourth-order valence-electron chi connectivity index (χ4n) is 1.49. The third-order valence-corrected chi connectivity index (χ3v) is 2.63. The summed E-state index contributed by atoms with van der Waals surface area (Å²) >= 11 is 5.77. The van der Waals surface area contributed by atoms with Gasteiger partial charge in [-0.05, 0) is 30.5 Å². The van der Waals surface area contributed by atoms with Gasteiger partial charge >= 0.3 is 5.97 Å². The van der Waals surface area contributed by atoms with Crippen LogP contribution in [0.1, 0.15) is 34.8 Å². The zero-order valence-electron chi connectivity index (χ0n) is 9.70. The van der Waals surface area contributed by atoms with Crippen molar-refractivity contribution in [3.8, 4) is 6.07 Å². The van der Waals surface area contributed by atoms with Crippen molar-refractivity contribution in [2.75, 3.05) is 6.61 Å². The van der Waals surface area contributed by atoms with E-state index in [0.29, 0.717) is 25.0 Å². The molecule has 1 aromatic carbocycles. The van der Waals surface area contributed by atoms with E-state index in [4.69, 9.17) is 21.6 Å². The number of carbonyl (C=O) groups excluding carboxylic acids is 1. The molecule has 0 aliphatic carbocycles. The van der Waals surface area contributed by atoms with Crippen molar-refractivity contribution >= 4 is 17.6 Å². The second-order valence-corrected chi connectivity index (χ2v) is 3.77. The Kier molecular flexibility index (Phi) is 5.51. The monoisotopic (exact) mass is 251 g/mol. The second-order valence-electron chi connectivity index (χ2n) is 3.50. The third kappa shape index (κ3) is 3.76. The lowest BCUT2D eigenvalue weighted by Gasteiger charge is -2.08. The number of esters is 1. The van der Waals surface area contributed by atoms with Gasteiger partial charge in [-0.3, -0.25) is 0 Å². The quantitative estimate of drug-likeness (QED) is 0.597. The van der Waals surface area contributed by atoms with Gasteiger partial charge < -0.3 is 4.74 Å². The maximum absolute atomic E-state index is 11.7. The number of halogens is 1. The smallest absolute Gasteiger partial charge is 0.338 e. The van der Waals surface area contributed by atoms with Crippen molar-refractivity contribution in [1.29, 1.82) is 5.26 Å². The summed E-state index contributed by atoms with van der Waals surface area (Å²) in [4.78, 5) is 11.7. The van der Waals surface area contributed by atoms with Gasteiger partial charge in [-0.25, -0.2) is 4.79 Å². The van der Waals surface area contributed by atoms with Crippen LogP contribution in [0.3, 0.4) is 0 Å². The van der Waals surface area contributed by atoms with Gasteiger partial charge in [0.2, 0.25) is 0 Å². The average molecular weight is 252 g/mol. The van der Waals surface area contributed by atoms with Crippen LogP contribution in [0, 0.1) is 11.3 Å². The molecule has 90 valence electrons. The van der Waals surface area contributed by atoms with Crippen LogP contribution in [0.5, 0.6) is 0 Å². The lowest BCUT2D eigenvalue weighted by molar-refractivity contribution is 0.0525. The zero-order valence-corrected chi connectivity index (χ0v) is 10.5. The molecule has 0 radical (unpaired) electrons. The lowest BCUT2D eigenvalue weighted by atomic mass is 10.0. The van der Waals surface area contributed by atoms with Crippen molar-refractivity contribution < 1.29 is 9.53 Å². The van der Waals surface area contributed by atoms with Gasteiger partial charge in [0, 0.05) is 12.3 Å². The molecule has 0 aliphatic rings. The average Bonchev–Trinajstić information content (AvgIpc) is 2.36. The van der Waals surface area contributed by atoms with E-state index in [9.17, 15) is 4.79 Å². The molecule has 0 fully saturated rings. The summed E-state index contributed by atoms with van der Waals surface area (Å²) < 4.78 is 4.97. The second kappa shape index (κ2) is 6.93. The van der Waals surface area contributed by atoms with Crippen LogP contribution in [0.4, 0.5) is 0 Å². The predicted octanol–water partition coefficient (Wildman–Crippen LogP) is 3.06. The molecule has 3 nitrogen and oxygen atoms in total. The molecule has 0 saturated carbocycles. The molecule has 1 rings (SSSR count). The van der Waals surface area contributed by atoms with Gasteiger partial charge in [0.05, 0.1) is 18.2 Å². The molecule has 0 bridgehead atoms. The highest BCUT2D eigenvalue weighted by atomic mass is 35.5. The summed E-state index contributed by atoms with van der Waals surface area (Å²) in [5, 5.41) is 8.53. The van der Waals surface area contributed by atoms with E-state index in [-0.39, 0.29) is 11.8 Å². The van der Waals surface area contributed by atoms with Crippen LogP contribution >= 0.6 is 11.6 Å². The van der Waals surface area contributed by atoms with Gasteiger partial charge in [0.25, 0.3) is 0 Å². The first-order chi connectivity index (χ1) is 8.22. The van der Waals surface area contributed by atoms with Gasteiger partial charge in [-0.1, -0.05) is 12.1 Å². The molecule has 0 N–H and O–H groups in total. The van der Waals surface area contributed by atoms with E-state index >= 15 is 0 Å². The normalized spacial score (nSPS) is 9.71. The Labute approximate surface area is 106 Å². The van der Waals surface area contributed by atoms with Gasteiger partial charge in [0.15, 0.2) is 0 Å². The molecule has 17 heavy (non-hydrogen) atoms. The maximum atomic E-state index is 11.7. The van der Waals surface area contributed by atoms with Crippen LogP contribution in [0.15, 0.2) is 18.2 Å². The van der Waals surface area contributed by atoms with E-state index in [0.717, 1.165) is 11.1 Å². The number of alkyl halides is 1. The molecule has 0 spiro atoms. The Morgan fingerprint density at radius 2 is 2.29 bits per heavy atom. The number of ether oxygens (including phenoxy) is 1. The van der Waals surface area contributed by atoms with Crippen LogP contribution in [0.25, 0.3) is 0 Å². The van der Waals surface area contributed by atoms with E-state index in [1.54, 1.807) is 13.0 Å². The van der Waals surface area contributed by atoms with Crippen molar-refractivity contribution in [1.82, 2.24) is 0 Å². The molecule has 0 heterocycles. The van der Waals surface area contributed by atoms with E-state index in [1.165, 1.54) is 0 Å². The van der Waals surface area contributed by atoms with Gasteiger partial charge in [-0.2, -0.15) is 5.26 Å². The molecule has 1 aromatic rings. The zero-order chi connectivity index (χ0) is 12.7. The summed E-state index contributed by atoms with van der Waals surface area (Å²) in [5.41, 5.74) is 2.20. The SMILES string of the molecule is CCOC(=O)c1cc(CCC#N)ccc1CCl. The number of benzene rings is 1. The highest BCUT2D eigenvalue weighted by molar-refractivity contribution is 6.17. The summed E-state index contributed by atoms with van der Waals surface area (Å²) in [5.74, 6) is -0.0888. The Balaban J connectivity index is 2.98. The Hall–Kier alpha value is -1.53. The summed E-state index contributed by atoms with van der Waals surface area (Å²) in [6.07, 6.45) is 1.06. The first-order valence-electron chi connectivity index (χ1n) is 5.44. The molecule has 0 aromatic heterocycles. The Bertz CT molecular complexity index is 438. The molecule has 0 aliphatic heterocycles. The maximum Gasteiger partial charge on any atom is 0.338 e. The van der Waals surface area contributed by atoms with Crippen LogP contribution in [-0.4, -0.2) is 12.6 Å². The third-order valence-electron chi connectivity index (χ3n) is 2.34. The largest absolute Gasteiger partial charge is 0.462 e. The Morgan fingerprint density at radius 1 is 1.53 bits per heavy atom. The molecule has 0 saturated heterocycles. The number of nitrogens with zero attached hydrogens (tertiary/aromatic N) is 1. The number of rotatable bonds is 5. The summed E-state index contributed by atoms with van der Waals surface area (Å²) in [6.45, 7) is 2.10. The van der Waals surface area contributed by atoms with Crippen molar-refractivity contribution in [3.63, 3.8) is 0 Å². The molecule has 0 amide bonds. The van der Waals surface area contributed by atoms with Crippen molar-refractivity contribution in [2.45, 2.75) is 25.6 Å². The summed E-state index contributed by atoms with van der Waals surface area (Å²) in [7, 11) is 0. The predicted molar refractivity (Wildman–Crippen MR) is 65.9 cm³/mol. The van der Waals surface area contributed by atoms with Crippen molar-refractivity contribution in [2.24, 2.45) is 0 Å². The minimum atomic E-state index is -0.359. The van der Waals surface area contributed by atoms with E-state index in [2.05, 4.69) is 6.07 Å². The molecule has 4 heteroatoms. The van der Waals surface area contributed by atoms with Crippen LogP contribution in [0.2, 0.25) is 0 Å². The minimum absolute atomic E-state index is 0.271. The van der Waals surface area contributed by atoms with Gasteiger partial charge in [-0.15, -0.1) is 11.6 Å². The fraction of sp³-hybridized carbons (Fsp3) is 0.385. The molecule has 0 atom stereocenters. The number of carbonyl (C=O) groups is 1. The highest BCUT2D eigenvalue weighted by Gasteiger charge is 2.12. The molecular weight excluding hydrogens is 238 g/mol. The Morgan fingerprint density at radius 3 is 2.88 bits per heavy atom. The van der Waals surface area contributed by atoms with E-state index in [1.807, 2.05) is 12.1 Å². The van der Waals surface area contributed by atoms with Crippen molar-refractivity contribution in [3.05, 3.63) is 34.9 Å².